The first kappa shape index (κ1) is 16.3. The molecule has 0 aliphatic rings. The topological polar surface area (TPSA) is 93.5 Å². The average Bonchev–Trinajstić information content (AvgIpc) is 2.51. The first-order valence-corrected chi connectivity index (χ1v) is 6.89. The third-order valence-electron chi connectivity index (χ3n) is 3.36. The lowest BCUT2D eigenvalue weighted by Crippen LogP contribution is -2.21. The quantitative estimate of drug-likeness (QED) is 0.661. The summed E-state index contributed by atoms with van der Waals surface area (Å²) in [5.41, 5.74) is 2.85. The monoisotopic (exact) mass is 315 g/mol. The van der Waals surface area contributed by atoms with Crippen molar-refractivity contribution in [3.05, 3.63) is 57.6 Å². The first-order valence-electron chi connectivity index (χ1n) is 6.89. The number of nitro groups is 1. The molecule has 0 heterocycles. The number of methoxy groups -OCH3 is 1. The van der Waals surface area contributed by atoms with Crippen molar-refractivity contribution in [2.75, 3.05) is 17.7 Å². The molecule has 0 fully saturated rings. The number of anilines is 2. The van der Waals surface area contributed by atoms with Gasteiger partial charge in [-0.1, -0.05) is 18.2 Å². The van der Waals surface area contributed by atoms with Crippen LogP contribution in [-0.4, -0.2) is 18.1 Å². The number of hydrogen-bond acceptors (Lipinski definition) is 4. The van der Waals surface area contributed by atoms with Crippen molar-refractivity contribution < 1.29 is 14.5 Å². The molecule has 0 saturated carbocycles. The number of nitrogens with zero attached hydrogens (tertiary/aromatic N) is 1. The number of amides is 2. The molecular formula is C16H17N3O4. The molecule has 2 aromatic carbocycles. The Bertz CT molecular complexity index is 739. The van der Waals surface area contributed by atoms with Crippen LogP contribution in [0, 0.1) is 24.0 Å². The molecule has 2 amide bonds. The molecule has 0 unspecified atom stereocenters. The molecule has 0 radical (unpaired) electrons. The zero-order chi connectivity index (χ0) is 17.0. The van der Waals surface area contributed by atoms with Gasteiger partial charge < -0.3 is 15.4 Å². The highest BCUT2D eigenvalue weighted by Crippen LogP contribution is 2.29. The number of nitro benzene ring substituents is 1. The van der Waals surface area contributed by atoms with E-state index in [1.165, 1.54) is 25.3 Å². The lowest BCUT2D eigenvalue weighted by Gasteiger charge is -2.14. The van der Waals surface area contributed by atoms with Crippen molar-refractivity contribution in [3.8, 4) is 5.75 Å². The Morgan fingerprint density at radius 2 is 1.78 bits per heavy atom. The van der Waals surface area contributed by atoms with Crippen LogP contribution in [0.4, 0.5) is 21.9 Å². The summed E-state index contributed by atoms with van der Waals surface area (Å²) in [7, 11) is 1.38. The number of carbonyl (C=O) groups is 1. The second-order valence-corrected chi connectivity index (χ2v) is 4.99. The fourth-order valence-electron chi connectivity index (χ4n) is 2.18. The van der Waals surface area contributed by atoms with Gasteiger partial charge in [0.1, 0.15) is 5.75 Å². The van der Waals surface area contributed by atoms with Crippen molar-refractivity contribution in [2.24, 2.45) is 0 Å². The third-order valence-corrected chi connectivity index (χ3v) is 3.36. The van der Waals surface area contributed by atoms with E-state index in [4.69, 9.17) is 4.74 Å². The molecular weight excluding hydrogens is 298 g/mol. The number of nitrogens with one attached hydrogen (secondary N) is 2. The summed E-state index contributed by atoms with van der Waals surface area (Å²) in [4.78, 5) is 22.4. The van der Waals surface area contributed by atoms with Gasteiger partial charge in [0.15, 0.2) is 0 Å². The van der Waals surface area contributed by atoms with Crippen molar-refractivity contribution in [3.63, 3.8) is 0 Å². The van der Waals surface area contributed by atoms with Crippen LogP contribution < -0.4 is 15.4 Å². The Kier molecular flexibility index (Phi) is 4.80. The number of ether oxygens (including phenoxy) is 1. The van der Waals surface area contributed by atoms with E-state index in [2.05, 4.69) is 10.6 Å². The van der Waals surface area contributed by atoms with Gasteiger partial charge in [-0.05, 0) is 31.0 Å². The van der Waals surface area contributed by atoms with Crippen LogP contribution in [-0.2, 0) is 0 Å². The minimum atomic E-state index is -0.525. The van der Waals surface area contributed by atoms with Gasteiger partial charge in [0, 0.05) is 11.8 Å². The Morgan fingerprint density at radius 3 is 2.35 bits per heavy atom. The van der Waals surface area contributed by atoms with E-state index in [0.717, 1.165) is 16.8 Å². The maximum Gasteiger partial charge on any atom is 0.323 e. The molecule has 23 heavy (non-hydrogen) atoms. The number of non-ortho nitro benzene ring substituents is 1. The normalized spacial score (nSPS) is 10.0. The van der Waals surface area contributed by atoms with Crippen LogP contribution >= 0.6 is 0 Å². The minimum absolute atomic E-state index is 0.109. The van der Waals surface area contributed by atoms with E-state index < -0.39 is 11.0 Å². The summed E-state index contributed by atoms with van der Waals surface area (Å²) < 4.78 is 5.09. The number of hydrogen-bond donors (Lipinski definition) is 2. The van der Waals surface area contributed by atoms with Crippen molar-refractivity contribution >= 4 is 23.1 Å². The van der Waals surface area contributed by atoms with Gasteiger partial charge >= 0.3 is 6.03 Å². The highest BCUT2D eigenvalue weighted by atomic mass is 16.6. The SMILES string of the molecule is COc1cc([N+](=O)[O-])ccc1NC(=O)Nc1c(C)cccc1C. The number of aryl methyl sites for hydroxylation is 2. The maximum atomic E-state index is 12.2. The van der Waals surface area contributed by atoms with E-state index >= 15 is 0 Å². The number of rotatable bonds is 4. The first-order chi connectivity index (χ1) is 10.9. The van der Waals surface area contributed by atoms with Crippen LogP contribution in [0.2, 0.25) is 0 Å². The van der Waals surface area contributed by atoms with Gasteiger partial charge in [-0.2, -0.15) is 0 Å². The van der Waals surface area contributed by atoms with Crippen molar-refractivity contribution in [2.45, 2.75) is 13.8 Å². The summed E-state index contributed by atoms with van der Waals surface area (Å²) in [5.74, 6) is 0.218. The molecule has 0 aromatic heterocycles. The molecule has 0 spiro atoms. The average molecular weight is 315 g/mol. The van der Waals surface area contributed by atoms with Crippen molar-refractivity contribution in [1.29, 1.82) is 0 Å². The summed E-state index contributed by atoms with van der Waals surface area (Å²) >= 11 is 0. The molecule has 7 nitrogen and oxygen atoms in total. The Morgan fingerprint density at radius 1 is 1.13 bits per heavy atom. The molecule has 2 rings (SSSR count). The lowest BCUT2D eigenvalue weighted by atomic mass is 10.1. The Hall–Kier alpha value is -3.09. The lowest BCUT2D eigenvalue weighted by molar-refractivity contribution is -0.384. The minimum Gasteiger partial charge on any atom is -0.494 e. The Balaban J connectivity index is 2.19. The number of benzene rings is 2. The second kappa shape index (κ2) is 6.78. The fourth-order valence-corrected chi connectivity index (χ4v) is 2.18. The van der Waals surface area contributed by atoms with Crippen LogP contribution in [0.5, 0.6) is 5.75 Å². The largest absolute Gasteiger partial charge is 0.494 e. The number of urea groups is 1. The van der Waals surface area contributed by atoms with E-state index in [9.17, 15) is 14.9 Å². The predicted molar refractivity (Wildman–Crippen MR) is 88.2 cm³/mol. The molecule has 0 aliphatic carbocycles. The zero-order valence-corrected chi connectivity index (χ0v) is 13.0. The highest BCUT2D eigenvalue weighted by Gasteiger charge is 2.14. The zero-order valence-electron chi connectivity index (χ0n) is 13.0. The van der Waals surface area contributed by atoms with Crippen LogP contribution in [0.15, 0.2) is 36.4 Å². The molecule has 0 saturated heterocycles. The highest BCUT2D eigenvalue weighted by molar-refractivity contribution is 6.01. The van der Waals surface area contributed by atoms with Crippen LogP contribution in [0.3, 0.4) is 0 Å². The van der Waals surface area contributed by atoms with Gasteiger partial charge in [0.05, 0.1) is 23.8 Å². The summed E-state index contributed by atoms with van der Waals surface area (Å²) in [6.45, 7) is 3.80. The fraction of sp³-hybridized carbons (Fsp3) is 0.188. The number of carbonyl (C=O) groups excluding carboxylic acids is 1. The van der Waals surface area contributed by atoms with Gasteiger partial charge in [-0.25, -0.2) is 4.79 Å². The summed E-state index contributed by atoms with van der Waals surface area (Å²) in [6.07, 6.45) is 0. The Labute approximate surface area is 133 Å². The van der Waals surface area contributed by atoms with Crippen LogP contribution in [0.1, 0.15) is 11.1 Å². The smallest absolute Gasteiger partial charge is 0.323 e. The van der Waals surface area contributed by atoms with Crippen LogP contribution in [0.25, 0.3) is 0 Å². The van der Waals surface area contributed by atoms with E-state index in [1.54, 1.807) is 0 Å². The van der Waals surface area contributed by atoms with E-state index in [-0.39, 0.29) is 11.4 Å². The molecule has 0 bridgehead atoms. The van der Waals surface area contributed by atoms with E-state index in [1.807, 2.05) is 32.0 Å². The molecule has 0 aliphatic heterocycles. The molecule has 2 N–H and O–H groups in total. The van der Waals surface area contributed by atoms with Gasteiger partial charge in [0.25, 0.3) is 5.69 Å². The summed E-state index contributed by atoms with van der Waals surface area (Å²) in [5, 5.41) is 16.2. The van der Waals surface area contributed by atoms with Gasteiger partial charge in [0.2, 0.25) is 0 Å². The van der Waals surface area contributed by atoms with Crippen molar-refractivity contribution in [1.82, 2.24) is 0 Å². The summed E-state index contributed by atoms with van der Waals surface area (Å²) in [6, 6.07) is 9.25. The maximum absolute atomic E-state index is 12.2. The van der Waals surface area contributed by atoms with Gasteiger partial charge in [-0.15, -0.1) is 0 Å². The van der Waals surface area contributed by atoms with Gasteiger partial charge in [-0.3, -0.25) is 10.1 Å². The molecule has 2 aromatic rings. The predicted octanol–water partition coefficient (Wildman–Crippen LogP) is 3.86. The third kappa shape index (κ3) is 3.76. The molecule has 7 heteroatoms. The second-order valence-electron chi connectivity index (χ2n) is 4.99. The molecule has 0 atom stereocenters. The standard InChI is InChI=1S/C16H17N3O4/c1-10-5-4-6-11(2)15(10)18-16(20)17-13-8-7-12(19(21)22)9-14(13)23-3/h4-9H,1-3H3,(H2,17,18,20). The number of para-hydroxylation sites is 1. The molecule has 120 valence electrons. The van der Waals surface area contributed by atoms with E-state index in [0.29, 0.717) is 5.69 Å².